The lowest BCUT2D eigenvalue weighted by Gasteiger charge is -1.85. The van der Waals surface area contributed by atoms with Gasteiger partial charge in [0.25, 0.3) is 0 Å². The molecule has 0 spiro atoms. The number of ether oxygens (including phenoxy) is 1. The van der Waals surface area contributed by atoms with Crippen molar-refractivity contribution in [3.05, 3.63) is 25.5 Å². The molecule has 0 aromatic rings. The third-order valence-corrected chi connectivity index (χ3v) is 0.466. The molecule has 11 heavy (non-hydrogen) atoms. The zero-order valence-electron chi connectivity index (χ0n) is 6.19. The lowest BCUT2D eigenvalue weighted by molar-refractivity contribution is -0.132. The van der Waals surface area contributed by atoms with Crippen molar-refractivity contribution < 1.29 is 19.7 Å². The summed E-state index contributed by atoms with van der Waals surface area (Å²) in [5, 5.41) is 15.2. The predicted molar refractivity (Wildman–Crippen MR) is 40.7 cm³/mol. The van der Waals surface area contributed by atoms with E-state index in [-0.39, 0.29) is 13.2 Å². The van der Waals surface area contributed by atoms with E-state index >= 15 is 0 Å². The second-order valence-electron chi connectivity index (χ2n) is 1.25. The van der Waals surface area contributed by atoms with Gasteiger partial charge in [-0.15, -0.1) is 0 Å². The lowest BCUT2D eigenvalue weighted by atomic mass is 10.7. The Morgan fingerprint density at radius 1 is 1.36 bits per heavy atom. The summed E-state index contributed by atoms with van der Waals surface area (Å²) in [5.74, 6) is -0.477. The summed E-state index contributed by atoms with van der Waals surface area (Å²) in [7, 11) is 0. The largest absolute Gasteiger partial charge is 0.432 e. The first-order valence-electron chi connectivity index (χ1n) is 2.88. The topological polar surface area (TPSA) is 66.8 Å². The Balaban J connectivity index is 0. The van der Waals surface area contributed by atoms with E-state index in [1.165, 1.54) is 0 Å². The smallest absolute Gasteiger partial charge is 0.334 e. The van der Waals surface area contributed by atoms with E-state index in [1.807, 2.05) is 0 Å². The predicted octanol–water partition coefficient (Wildman–Crippen LogP) is -0.170. The molecule has 0 unspecified atom stereocenters. The minimum atomic E-state index is -0.477. The molecule has 0 amide bonds. The molecule has 0 atom stereocenters. The fourth-order valence-corrected chi connectivity index (χ4v) is 0.130. The highest BCUT2D eigenvalue weighted by atomic mass is 16.5. The third kappa shape index (κ3) is 17.7. The first-order valence-corrected chi connectivity index (χ1v) is 2.88. The summed E-state index contributed by atoms with van der Waals surface area (Å²) in [6.45, 7) is 6.06. The van der Waals surface area contributed by atoms with E-state index in [1.54, 1.807) is 0 Å². The van der Waals surface area contributed by atoms with Crippen LogP contribution < -0.4 is 0 Å². The van der Waals surface area contributed by atoms with Gasteiger partial charge in [-0.3, -0.25) is 0 Å². The lowest BCUT2D eigenvalue weighted by Crippen LogP contribution is -1.90. The third-order valence-electron chi connectivity index (χ3n) is 0.466. The molecule has 0 aliphatic rings. The molecule has 2 N–H and O–H groups in total. The molecule has 0 aromatic carbocycles. The molecule has 64 valence electrons. The fraction of sp³-hybridized carbons (Fsp3) is 0.286. The number of rotatable bonds is 3. The maximum atomic E-state index is 10.0. The number of esters is 1. The monoisotopic (exact) mass is 160 g/mol. The Kier molecular flexibility index (Phi) is 13.3. The van der Waals surface area contributed by atoms with Gasteiger partial charge in [-0.05, 0) is 0 Å². The number of hydrogen-bond acceptors (Lipinski definition) is 4. The minimum absolute atomic E-state index is 0.125. The van der Waals surface area contributed by atoms with E-state index in [4.69, 9.17) is 10.2 Å². The van der Waals surface area contributed by atoms with Crippen LogP contribution in [0, 0.1) is 0 Å². The van der Waals surface area contributed by atoms with Gasteiger partial charge in [0, 0.05) is 6.08 Å². The van der Waals surface area contributed by atoms with Gasteiger partial charge in [-0.25, -0.2) is 4.79 Å². The minimum Gasteiger partial charge on any atom is -0.432 e. The number of carbonyl (C=O) groups is 1. The molecule has 4 heteroatoms. The van der Waals surface area contributed by atoms with Crippen LogP contribution in [0.2, 0.25) is 0 Å². The van der Waals surface area contributed by atoms with Crippen molar-refractivity contribution in [1.29, 1.82) is 0 Å². The summed E-state index contributed by atoms with van der Waals surface area (Å²) in [4.78, 5) is 10.0. The van der Waals surface area contributed by atoms with Crippen LogP contribution in [0.4, 0.5) is 0 Å². The van der Waals surface area contributed by atoms with Gasteiger partial charge in [0.2, 0.25) is 0 Å². The van der Waals surface area contributed by atoms with E-state index in [0.717, 1.165) is 12.3 Å². The van der Waals surface area contributed by atoms with E-state index in [0.29, 0.717) is 0 Å². The molecular weight excluding hydrogens is 148 g/mol. The van der Waals surface area contributed by atoms with Gasteiger partial charge in [0.15, 0.2) is 0 Å². The van der Waals surface area contributed by atoms with Gasteiger partial charge in [-0.2, -0.15) is 0 Å². The van der Waals surface area contributed by atoms with Crippen molar-refractivity contribution in [1.82, 2.24) is 0 Å². The molecule has 0 bridgehead atoms. The van der Waals surface area contributed by atoms with Gasteiger partial charge < -0.3 is 14.9 Å². The maximum Gasteiger partial charge on any atom is 0.334 e. The zero-order chi connectivity index (χ0) is 9.11. The molecule has 0 aliphatic carbocycles. The summed E-state index contributed by atoms with van der Waals surface area (Å²) in [6, 6.07) is 0. The molecule has 0 aromatic heterocycles. The maximum absolute atomic E-state index is 10.0. The van der Waals surface area contributed by atoms with Gasteiger partial charge >= 0.3 is 5.97 Å². The van der Waals surface area contributed by atoms with Crippen molar-refractivity contribution in [2.75, 3.05) is 13.2 Å². The molecule has 0 fully saturated rings. The van der Waals surface area contributed by atoms with Crippen LogP contribution in [0.3, 0.4) is 0 Å². The summed E-state index contributed by atoms with van der Waals surface area (Å²) in [5.41, 5.74) is 0. The molecule has 4 nitrogen and oxygen atoms in total. The Morgan fingerprint density at radius 3 is 1.91 bits per heavy atom. The van der Waals surface area contributed by atoms with E-state index < -0.39 is 5.97 Å². The molecule has 0 rings (SSSR count). The zero-order valence-corrected chi connectivity index (χ0v) is 6.19. The van der Waals surface area contributed by atoms with Crippen molar-refractivity contribution >= 4 is 5.97 Å². The van der Waals surface area contributed by atoms with Crippen LogP contribution >= 0.6 is 0 Å². The second kappa shape index (κ2) is 11.6. The molecule has 0 saturated heterocycles. The average Bonchev–Trinajstić information content (AvgIpc) is 2.05. The fourth-order valence-electron chi connectivity index (χ4n) is 0.130. The van der Waals surface area contributed by atoms with Crippen molar-refractivity contribution in [2.45, 2.75) is 0 Å². The normalized spacial score (nSPS) is 7.09. The number of aliphatic hydroxyl groups is 2. The molecule has 0 aliphatic heterocycles. The standard InChI is InChI=1S/C5H6O2.C2H6O2/c1-3-5(6)7-4-2;3-1-2-4/h3-4H,1-2H2;3-4H,1-2H2. The van der Waals surface area contributed by atoms with Crippen LogP contribution in [0.15, 0.2) is 25.5 Å². The van der Waals surface area contributed by atoms with E-state index in [9.17, 15) is 4.79 Å². The van der Waals surface area contributed by atoms with Crippen LogP contribution in [0.25, 0.3) is 0 Å². The van der Waals surface area contributed by atoms with Crippen LogP contribution in [-0.2, 0) is 9.53 Å². The second-order valence-corrected chi connectivity index (χ2v) is 1.25. The highest BCUT2D eigenvalue weighted by molar-refractivity contribution is 5.81. The quantitative estimate of drug-likeness (QED) is 0.342. The number of hydrogen-bond donors (Lipinski definition) is 2. The Morgan fingerprint density at radius 2 is 1.82 bits per heavy atom. The van der Waals surface area contributed by atoms with Crippen LogP contribution in [0.5, 0.6) is 0 Å². The Labute approximate surface area is 65.4 Å². The number of carbonyl (C=O) groups excluding carboxylic acids is 1. The molecule has 0 radical (unpaired) electrons. The van der Waals surface area contributed by atoms with E-state index in [2.05, 4.69) is 17.9 Å². The summed E-state index contributed by atoms with van der Waals surface area (Å²) >= 11 is 0. The van der Waals surface area contributed by atoms with Crippen molar-refractivity contribution in [2.24, 2.45) is 0 Å². The molecule has 0 saturated carbocycles. The SMILES string of the molecule is C=COC(=O)C=C.OCCO. The summed E-state index contributed by atoms with van der Waals surface area (Å²) in [6.07, 6.45) is 2.13. The Bertz CT molecular complexity index is 118. The average molecular weight is 160 g/mol. The Hall–Kier alpha value is -1.13. The summed E-state index contributed by atoms with van der Waals surface area (Å²) < 4.78 is 4.20. The van der Waals surface area contributed by atoms with Crippen molar-refractivity contribution in [3.63, 3.8) is 0 Å². The van der Waals surface area contributed by atoms with Crippen LogP contribution in [-0.4, -0.2) is 29.4 Å². The molecule has 0 heterocycles. The van der Waals surface area contributed by atoms with Crippen molar-refractivity contribution in [3.8, 4) is 0 Å². The highest BCUT2D eigenvalue weighted by Gasteiger charge is 1.84. The number of aliphatic hydroxyl groups excluding tert-OH is 2. The van der Waals surface area contributed by atoms with Gasteiger partial charge in [0.05, 0.1) is 19.5 Å². The first kappa shape index (κ1) is 12.5. The highest BCUT2D eigenvalue weighted by Crippen LogP contribution is 1.75. The van der Waals surface area contributed by atoms with Crippen LogP contribution in [0.1, 0.15) is 0 Å². The van der Waals surface area contributed by atoms with Gasteiger partial charge in [0.1, 0.15) is 0 Å². The first-order chi connectivity index (χ1) is 5.22. The molecular formula is C7H12O4. The van der Waals surface area contributed by atoms with Gasteiger partial charge in [-0.1, -0.05) is 13.2 Å².